The second-order valence-electron chi connectivity index (χ2n) is 7.00. The largest absolute Gasteiger partial charge is 0.507 e. The van der Waals surface area contributed by atoms with Gasteiger partial charge in [-0.15, -0.1) is 0 Å². The molecule has 1 heterocycles. The Morgan fingerprint density at radius 2 is 2.00 bits per heavy atom. The number of fused-ring (bicyclic) bond motifs is 1. The zero-order valence-electron chi connectivity index (χ0n) is 17.0. The van der Waals surface area contributed by atoms with Crippen molar-refractivity contribution >= 4 is 11.7 Å². The van der Waals surface area contributed by atoms with Crippen LogP contribution in [0, 0.1) is 0 Å². The van der Waals surface area contributed by atoms with Crippen molar-refractivity contribution in [2.75, 3.05) is 26.7 Å². The Bertz CT molecular complexity index is 911. The molecule has 0 atom stereocenters. The minimum Gasteiger partial charge on any atom is -0.507 e. The number of amides is 1. The van der Waals surface area contributed by atoms with E-state index >= 15 is 0 Å². The highest BCUT2D eigenvalue weighted by Gasteiger charge is 2.20. The van der Waals surface area contributed by atoms with Crippen LogP contribution in [-0.2, 0) is 11.4 Å². The van der Waals surface area contributed by atoms with Gasteiger partial charge in [-0.05, 0) is 18.2 Å². The van der Waals surface area contributed by atoms with Crippen molar-refractivity contribution in [3.05, 3.63) is 65.9 Å². The van der Waals surface area contributed by atoms with Crippen molar-refractivity contribution in [2.45, 2.75) is 19.4 Å². The predicted octanol–water partition coefficient (Wildman–Crippen LogP) is 2.89. The SMILES string of the molecule is CN1CCOc2cc(OCc3ccccc3)cc(O)c2C(=O)CN/C=C/CCC1=O. The second kappa shape index (κ2) is 10.3. The van der Waals surface area contributed by atoms with Gasteiger partial charge in [0, 0.05) is 25.6 Å². The summed E-state index contributed by atoms with van der Waals surface area (Å²) in [6, 6.07) is 12.6. The van der Waals surface area contributed by atoms with Crippen LogP contribution in [0.25, 0.3) is 0 Å². The van der Waals surface area contributed by atoms with E-state index in [0.29, 0.717) is 31.7 Å². The summed E-state index contributed by atoms with van der Waals surface area (Å²) in [4.78, 5) is 26.4. The van der Waals surface area contributed by atoms with Gasteiger partial charge in [-0.3, -0.25) is 9.59 Å². The summed E-state index contributed by atoms with van der Waals surface area (Å²) >= 11 is 0. The minimum atomic E-state index is -0.303. The molecule has 2 N–H and O–H groups in total. The van der Waals surface area contributed by atoms with Crippen LogP contribution < -0.4 is 14.8 Å². The molecule has 0 aromatic heterocycles. The molecule has 158 valence electrons. The van der Waals surface area contributed by atoms with Gasteiger partial charge < -0.3 is 24.8 Å². The van der Waals surface area contributed by atoms with E-state index in [1.807, 2.05) is 36.4 Å². The predicted molar refractivity (Wildman–Crippen MR) is 113 cm³/mol. The lowest BCUT2D eigenvalue weighted by Gasteiger charge is -2.19. The zero-order chi connectivity index (χ0) is 21.3. The standard InChI is InChI=1S/C23H26N2O5/c1-25-11-12-29-21-14-18(30-16-17-7-3-2-4-8-17)13-19(26)23(21)20(27)15-24-10-6-5-9-22(25)28/h2-4,6-8,10,13-14,24,26H,5,9,11-12,15-16H2,1H3/b10-6+. The second-order valence-corrected chi connectivity index (χ2v) is 7.00. The fourth-order valence-corrected chi connectivity index (χ4v) is 3.02. The molecule has 7 nitrogen and oxygen atoms in total. The maximum absolute atomic E-state index is 12.7. The van der Waals surface area contributed by atoms with Gasteiger partial charge in [0.25, 0.3) is 0 Å². The summed E-state index contributed by atoms with van der Waals surface area (Å²) in [6.45, 7) is 0.868. The lowest BCUT2D eigenvalue weighted by Crippen LogP contribution is -2.31. The number of ketones is 1. The van der Waals surface area contributed by atoms with E-state index in [1.165, 1.54) is 6.07 Å². The number of nitrogens with zero attached hydrogens (tertiary/aromatic N) is 1. The molecule has 7 heteroatoms. The number of aromatic hydroxyl groups is 1. The summed E-state index contributed by atoms with van der Waals surface area (Å²) in [6.07, 6.45) is 4.42. The highest BCUT2D eigenvalue weighted by atomic mass is 16.5. The van der Waals surface area contributed by atoms with E-state index in [4.69, 9.17) is 9.47 Å². The van der Waals surface area contributed by atoms with Gasteiger partial charge in [0.1, 0.15) is 36.0 Å². The Balaban J connectivity index is 1.82. The number of phenols is 1. The molecular weight excluding hydrogens is 384 g/mol. The Kier molecular flexibility index (Phi) is 7.32. The number of carbonyl (C=O) groups is 2. The first kappa shape index (κ1) is 21.2. The van der Waals surface area contributed by atoms with Gasteiger partial charge in [0.2, 0.25) is 5.91 Å². The van der Waals surface area contributed by atoms with E-state index in [9.17, 15) is 14.7 Å². The summed E-state index contributed by atoms with van der Waals surface area (Å²) < 4.78 is 11.6. The van der Waals surface area contributed by atoms with Crippen LogP contribution in [0.4, 0.5) is 0 Å². The van der Waals surface area contributed by atoms with Gasteiger partial charge in [-0.1, -0.05) is 36.4 Å². The van der Waals surface area contributed by atoms with Crippen LogP contribution >= 0.6 is 0 Å². The molecule has 0 fully saturated rings. The van der Waals surface area contributed by atoms with Gasteiger partial charge in [0.15, 0.2) is 5.78 Å². The molecule has 2 aromatic carbocycles. The average molecular weight is 410 g/mol. The first-order valence-corrected chi connectivity index (χ1v) is 9.86. The Hall–Kier alpha value is -3.48. The van der Waals surface area contributed by atoms with Gasteiger partial charge in [-0.25, -0.2) is 0 Å². The number of phenolic OH excluding ortho intramolecular Hbond substituents is 1. The zero-order valence-corrected chi connectivity index (χ0v) is 17.0. The third kappa shape index (κ3) is 5.76. The molecule has 0 unspecified atom stereocenters. The van der Waals surface area contributed by atoms with E-state index in [-0.39, 0.29) is 41.9 Å². The number of Topliss-reactive ketones (excluding diaryl/α,β-unsaturated/α-hetero) is 1. The van der Waals surface area contributed by atoms with E-state index in [2.05, 4.69) is 5.32 Å². The van der Waals surface area contributed by atoms with Crippen molar-refractivity contribution in [3.8, 4) is 17.2 Å². The maximum atomic E-state index is 12.7. The normalized spacial score (nSPS) is 16.6. The fourth-order valence-electron chi connectivity index (χ4n) is 3.02. The number of benzene rings is 2. The number of allylic oxidation sites excluding steroid dienone is 1. The van der Waals surface area contributed by atoms with Crippen LogP contribution in [0.3, 0.4) is 0 Å². The van der Waals surface area contributed by atoms with Gasteiger partial charge in [0.05, 0.1) is 13.1 Å². The van der Waals surface area contributed by atoms with Crippen molar-refractivity contribution in [3.63, 3.8) is 0 Å². The third-order valence-electron chi connectivity index (χ3n) is 4.72. The highest BCUT2D eigenvalue weighted by Crippen LogP contribution is 2.34. The number of hydrogen-bond acceptors (Lipinski definition) is 6. The van der Waals surface area contributed by atoms with Crippen LogP contribution in [0.15, 0.2) is 54.7 Å². The average Bonchev–Trinajstić information content (AvgIpc) is 2.74. The molecule has 0 spiro atoms. The van der Waals surface area contributed by atoms with Crippen LogP contribution in [-0.4, -0.2) is 48.4 Å². The molecule has 0 aliphatic carbocycles. The van der Waals surface area contributed by atoms with Crippen molar-refractivity contribution in [1.82, 2.24) is 10.2 Å². The van der Waals surface area contributed by atoms with E-state index < -0.39 is 0 Å². The lowest BCUT2D eigenvalue weighted by molar-refractivity contribution is -0.130. The highest BCUT2D eigenvalue weighted by molar-refractivity contribution is 6.02. The molecule has 0 saturated carbocycles. The lowest BCUT2D eigenvalue weighted by atomic mass is 10.1. The van der Waals surface area contributed by atoms with E-state index in [1.54, 1.807) is 24.2 Å². The Labute approximate surface area is 175 Å². The third-order valence-corrected chi connectivity index (χ3v) is 4.72. The fraction of sp³-hybridized carbons (Fsp3) is 0.304. The van der Waals surface area contributed by atoms with Gasteiger partial charge in [-0.2, -0.15) is 0 Å². The number of nitrogens with one attached hydrogen (secondary N) is 1. The van der Waals surface area contributed by atoms with Crippen molar-refractivity contribution < 1.29 is 24.2 Å². The van der Waals surface area contributed by atoms with Crippen LogP contribution in [0.1, 0.15) is 28.8 Å². The summed E-state index contributed by atoms with van der Waals surface area (Å²) in [5.41, 5.74) is 1.07. The first-order chi connectivity index (χ1) is 14.5. The molecule has 2 aromatic rings. The Morgan fingerprint density at radius 3 is 2.80 bits per heavy atom. The molecule has 1 aliphatic rings. The number of carbonyl (C=O) groups excluding carboxylic acids is 2. The van der Waals surface area contributed by atoms with Gasteiger partial charge >= 0.3 is 0 Å². The van der Waals surface area contributed by atoms with Crippen LogP contribution in [0.5, 0.6) is 17.2 Å². The summed E-state index contributed by atoms with van der Waals surface area (Å²) in [5.74, 6) is 0.124. The molecular formula is C23H26N2O5. The minimum absolute atomic E-state index is 0.00150. The quantitative estimate of drug-likeness (QED) is 0.809. The first-order valence-electron chi connectivity index (χ1n) is 9.86. The molecule has 1 aliphatic heterocycles. The van der Waals surface area contributed by atoms with Crippen molar-refractivity contribution in [1.29, 1.82) is 0 Å². The molecule has 1 amide bonds. The topological polar surface area (TPSA) is 88.1 Å². The number of likely N-dealkylation sites (N-methyl/N-ethyl adjacent to an activating group) is 1. The number of hydrogen-bond donors (Lipinski definition) is 2. The van der Waals surface area contributed by atoms with Crippen molar-refractivity contribution in [2.24, 2.45) is 0 Å². The molecule has 0 bridgehead atoms. The molecule has 0 radical (unpaired) electrons. The number of ether oxygens (including phenoxy) is 2. The number of rotatable bonds is 3. The van der Waals surface area contributed by atoms with E-state index in [0.717, 1.165) is 5.56 Å². The summed E-state index contributed by atoms with van der Waals surface area (Å²) in [7, 11) is 1.71. The molecule has 0 saturated heterocycles. The monoisotopic (exact) mass is 410 g/mol. The smallest absolute Gasteiger partial charge is 0.222 e. The molecule has 30 heavy (non-hydrogen) atoms. The molecule has 3 rings (SSSR count). The van der Waals surface area contributed by atoms with Crippen LogP contribution in [0.2, 0.25) is 0 Å². The summed E-state index contributed by atoms with van der Waals surface area (Å²) in [5, 5.41) is 13.4. The Morgan fingerprint density at radius 1 is 1.20 bits per heavy atom. The maximum Gasteiger partial charge on any atom is 0.222 e.